The molecule has 0 bridgehead atoms. The van der Waals surface area contributed by atoms with Crippen molar-refractivity contribution in [1.29, 1.82) is 0 Å². The van der Waals surface area contributed by atoms with Crippen molar-refractivity contribution in [3.8, 4) is 11.5 Å². The van der Waals surface area contributed by atoms with E-state index in [2.05, 4.69) is 0 Å². The largest absolute Gasteiger partial charge is 0.490 e. The van der Waals surface area contributed by atoms with E-state index >= 15 is 0 Å². The molecular weight excluding hydrogens is 446 g/mol. The molecule has 4 rings (SSSR count). The fourth-order valence-corrected chi connectivity index (χ4v) is 4.32. The van der Waals surface area contributed by atoms with Gasteiger partial charge in [-0.25, -0.2) is 4.79 Å². The van der Waals surface area contributed by atoms with Crippen LogP contribution in [-0.2, 0) is 11.3 Å². The average Bonchev–Trinajstić information content (AvgIpc) is 3.42. The highest BCUT2D eigenvalue weighted by atomic mass is 32.2. The summed E-state index contributed by atoms with van der Waals surface area (Å²) < 4.78 is 16.6. The summed E-state index contributed by atoms with van der Waals surface area (Å²) in [7, 11) is 0. The van der Waals surface area contributed by atoms with E-state index in [0.29, 0.717) is 28.1 Å². The van der Waals surface area contributed by atoms with E-state index < -0.39 is 5.97 Å². The smallest absolute Gasteiger partial charge is 0.379 e. The number of hydrogen-bond acceptors (Lipinski definition) is 7. The molecule has 1 aliphatic rings. The van der Waals surface area contributed by atoms with Crippen LogP contribution >= 0.6 is 24.0 Å². The SMILES string of the molecule is CCOc1cc(/C=C2\SC(=S)N(Cc3ccccc3)C2=O)ccc1OC(=O)c1ccco1. The summed E-state index contributed by atoms with van der Waals surface area (Å²) in [6.07, 6.45) is 3.15. The number of esters is 1. The Bertz CT molecular complexity index is 1170. The third-order valence-corrected chi connectivity index (χ3v) is 5.93. The summed E-state index contributed by atoms with van der Waals surface area (Å²) in [6, 6.07) is 17.9. The summed E-state index contributed by atoms with van der Waals surface area (Å²) in [4.78, 5) is 27.2. The molecule has 1 fully saturated rings. The predicted molar refractivity (Wildman–Crippen MR) is 126 cm³/mol. The Morgan fingerprint density at radius 2 is 1.94 bits per heavy atom. The lowest BCUT2D eigenvalue weighted by atomic mass is 10.1. The maximum Gasteiger partial charge on any atom is 0.379 e. The lowest BCUT2D eigenvalue weighted by molar-refractivity contribution is -0.122. The summed E-state index contributed by atoms with van der Waals surface area (Å²) >= 11 is 6.68. The standard InChI is InChI=1S/C24H19NO5S2/c1-2-28-20-13-17(10-11-18(20)30-23(27)19-9-6-12-29-19)14-21-22(26)25(24(31)32-21)15-16-7-4-3-5-8-16/h3-14H,2,15H2,1H3/b21-14-. The van der Waals surface area contributed by atoms with Crippen molar-refractivity contribution < 1.29 is 23.5 Å². The van der Waals surface area contributed by atoms with Crippen molar-refractivity contribution in [2.45, 2.75) is 13.5 Å². The zero-order valence-corrected chi connectivity index (χ0v) is 18.8. The van der Waals surface area contributed by atoms with Gasteiger partial charge in [0.25, 0.3) is 5.91 Å². The Kier molecular flexibility index (Phi) is 6.72. The molecular formula is C24H19NO5S2. The molecule has 32 heavy (non-hydrogen) atoms. The third kappa shape index (κ3) is 4.92. The molecule has 1 saturated heterocycles. The van der Waals surface area contributed by atoms with Crippen molar-refractivity contribution in [2.24, 2.45) is 0 Å². The number of thioether (sulfide) groups is 1. The number of carbonyl (C=O) groups excluding carboxylic acids is 2. The van der Waals surface area contributed by atoms with Crippen LogP contribution in [0.15, 0.2) is 76.2 Å². The molecule has 2 heterocycles. The van der Waals surface area contributed by atoms with Crippen LogP contribution in [0, 0.1) is 0 Å². The second-order valence-electron chi connectivity index (χ2n) is 6.76. The highest BCUT2D eigenvalue weighted by Gasteiger charge is 2.32. The van der Waals surface area contributed by atoms with Gasteiger partial charge in [-0.1, -0.05) is 60.4 Å². The van der Waals surface area contributed by atoms with Gasteiger partial charge >= 0.3 is 5.97 Å². The molecule has 0 spiro atoms. The summed E-state index contributed by atoms with van der Waals surface area (Å²) in [6.45, 7) is 2.64. The minimum atomic E-state index is -0.620. The van der Waals surface area contributed by atoms with E-state index in [4.69, 9.17) is 26.1 Å². The van der Waals surface area contributed by atoms with Crippen LogP contribution in [0.3, 0.4) is 0 Å². The van der Waals surface area contributed by atoms with Gasteiger partial charge in [0.15, 0.2) is 11.5 Å². The maximum atomic E-state index is 12.9. The summed E-state index contributed by atoms with van der Waals surface area (Å²) in [5.41, 5.74) is 1.73. The van der Waals surface area contributed by atoms with Crippen LogP contribution in [-0.4, -0.2) is 27.7 Å². The molecule has 0 unspecified atom stereocenters. The number of nitrogens with zero attached hydrogens (tertiary/aromatic N) is 1. The van der Waals surface area contributed by atoms with Gasteiger partial charge in [-0.3, -0.25) is 9.69 Å². The van der Waals surface area contributed by atoms with Gasteiger partial charge < -0.3 is 13.9 Å². The monoisotopic (exact) mass is 465 g/mol. The lowest BCUT2D eigenvalue weighted by Crippen LogP contribution is -2.27. The van der Waals surface area contributed by atoms with E-state index in [1.54, 1.807) is 35.2 Å². The summed E-state index contributed by atoms with van der Waals surface area (Å²) in [5, 5.41) is 0. The predicted octanol–water partition coefficient (Wildman–Crippen LogP) is 5.30. The molecule has 0 radical (unpaired) electrons. The molecule has 162 valence electrons. The Morgan fingerprint density at radius 3 is 2.66 bits per heavy atom. The number of carbonyl (C=O) groups is 2. The second-order valence-corrected chi connectivity index (χ2v) is 8.44. The zero-order chi connectivity index (χ0) is 22.5. The van der Waals surface area contributed by atoms with Crippen LogP contribution < -0.4 is 9.47 Å². The Labute approximate surface area is 194 Å². The quantitative estimate of drug-likeness (QED) is 0.203. The highest BCUT2D eigenvalue weighted by molar-refractivity contribution is 8.26. The molecule has 0 saturated carbocycles. The maximum absolute atomic E-state index is 12.9. The number of hydrogen-bond donors (Lipinski definition) is 0. The van der Waals surface area contributed by atoms with Gasteiger partial charge in [-0.05, 0) is 48.4 Å². The minimum absolute atomic E-state index is 0.0959. The van der Waals surface area contributed by atoms with Crippen molar-refractivity contribution in [1.82, 2.24) is 4.90 Å². The van der Waals surface area contributed by atoms with Crippen LogP contribution in [0.2, 0.25) is 0 Å². The Balaban J connectivity index is 1.54. The van der Waals surface area contributed by atoms with Gasteiger partial charge in [0.05, 0.1) is 24.3 Å². The van der Waals surface area contributed by atoms with E-state index in [1.807, 2.05) is 37.3 Å². The van der Waals surface area contributed by atoms with Crippen molar-refractivity contribution in [3.05, 3.63) is 88.7 Å². The molecule has 1 aromatic heterocycles. The second kappa shape index (κ2) is 9.84. The van der Waals surface area contributed by atoms with Crippen molar-refractivity contribution >= 4 is 46.3 Å². The summed E-state index contributed by atoms with van der Waals surface area (Å²) in [5.74, 6) is -0.0119. The van der Waals surface area contributed by atoms with Crippen LogP contribution in [0.5, 0.6) is 11.5 Å². The first-order chi connectivity index (χ1) is 15.5. The van der Waals surface area contributed by atoms with Crippen LogP contribution in [0.4, 0.5) is 0 Å². The molecule has 1 aliphatic heterocycles. The Hall–Kier alpha value is -3.36. The normalized spacial score (nSPS) is 14.8. The number of furan rings is 1. The minimum Gasteiger partial charge on any atom is -0.490 e. The number of ether oxygens (including phenoxy) is 2. The first-order valence-electron chi connectivity index (χ1n) is 9.87. The van der Waals surface area contributed by atoms with Crippen molar-refractivity contribution in [2.75, 3.05) is 6.61 Å². The Morgan fingerprint density at radius 1 is 1.12 bits per heavy atom. The average molecular weight is 466 g/mol. The van der Waals surface area contributed by atoms with E-state index in [1.165, 1.54) is 24.1 Å². The molecule has 8 heteroatoms. The van der Waals surface area contributed by atoms with Crippen LogP contribution in [0.25, 0.3) is 6.08 Å². The number of thiocarbonyl (C=S) groups is 1. The fraction of sp³-hybridized carbons (Fsp3) is 0.125. The van der Waals surface area contributed by atoms with Gasteiger partial charge in [0.1, 0.15) is 4.32 Å². The fourth-order valence-electron chi connectivity index (χ4n) is 3.07. The number of benzene rings is 2. The first-order valence-corrected chi connectivity index (χ1v) is 11.1. The molecule has 1 amide bonds. The van der Waals surface area contributed by atoms with Gasteiger partial charge in [0.2, 0.25) is 5.76 Å². The molecule has 6 nitrogen and oxygen atoms in total. The molecule has 0 atom stereocenters. The molecule has 2 aromatic carbocycles. The van der Waals surface area contributed by atoms with Gasteiger partial charge in [-0.15, -0.1) is 0 Å². The van der Waals surface area contributed by atoms with E-state index in [0.717, 1.165) is 11.1 Å². The van der Waals surface area contributed by atoms with E-state index in [-0.39, 0.29) is 17.4 Å². The third-order valence-electron chi connectivity index (χ3n) is 4.55. The van der Waals surface area contributed by atoms with Crippen LogP contribution in [0.1, 0.15) is 28.6 Å². The zero-order valence-electron chi connectivity index (χ0n) is 17.1. The first kappa shape index (κ1) is 21.9. The van der Waals surface area contributed by atoms with Crippen molar-refractivity contribution in [3.63, 3.8) is 0 Å². The lowest BCUT2D eigenvalue weighted by Gasteiger charge is -2.14. The van der Waals surface area contributed by atoms with Gasteiger partial charge in [0, 0.05) is 0 Å². The van der Waals surface area contributed by atoms with Gasteiger partial charge in [-0.2, -0.15) is 0 Å². The number of amides is 1. The highest BCUT2D eigenvalue weighted by Crippen LogP contribution is 2.35. The number of rotatable bonds is 7. The molecule has 0 N–H and O–H groups in total. The molecule has 3 aromatic rings. The molecule has 0 aliphatic carbocycles. The topological polar surface area (TPSA) is 69.0 Å². The van der Waals surface area contributed by atoms with E-state index in [9.17, 15) is 9.59 Å².